The predicted molar refractivity (Wildman–Crippen MR) is 78.3 cm³/mol. The zero-order valence-corrected chi connectivity index (χ0v) is 12.0. The van der Waals surface area contributed by atoms with Gasteiger partial charge >= 0.3 is 0 Å². The highest BCUT2D eigenvalue weighted by Gasteiger charge is 2.12. The van der Waals surface area contributed by atoms with Crippen LogP contribution >= 0.6 is 0 Å². The maximum atomic E-state index is 12.1. The smallest absolute Gasteiger partial charge is 0.273 e. The lowest BCUT2D eigenvalue weighted by Crippen LogP contribution is -2.23. The molecule has 0 fully saturated rings. The Bertz CT molecular complexity index is 762. The van der Waals surface area contributed by atoms with Crippen LogP contribution in [0, 0.1) is 0 Å². The Morgan fingerprint density at radius 3 is 3.09 bits per heavy atom. The molecule has 22 heavy (non-hydrogen) atoms. The highest BCUT2D eigenvalue weighted by Crippen LogP contribution is 2.06. The monoisotopic (exact) mass is 297 g/mol. The minimum Gasteiger partial charge on any atom is -0.345 e. The lowest BCUT2D eigenvalue weighted by molar-refractivity contribution is 0.0945. The molecule has 8 heteroatoms. The van der Waals surface area contributed by atoms with Crippen molar-refractivity contribution in [3.63, 3.8) is 0 Å². The first-order chi connectivity index (χ1) is 10.8. The summed E-state index contributed by atoms with van der Waals surface area (Å²) in [5.74, 6) is -0.285. The average Bonchev–Trinajstić information content (AvgIpc) is 3.22. The number of aromatic nitrogens is 6. The van der Waals surface area contributed by atoms with Gasteiger partial charge in [-0.15, -0.1) is 5.10 Å². The number of amides is 1. The van der Waals surface area contributed by atoms with E-state index >= 15 is 0 Å². The quantitative estimate of drug-likeness (QED) is 0.728. The molecule has 0 saturated heterocycles. The molecule has 0 aliphatic heterocycles. The zero-order valence-electron chi connectivity index (χ0n) is 12.0. The molecule has 0 atom stereocenters. The van der Waals surface area contributed by atoms with E-state index < -0.39 is 0 Å². The van der Waals surface area contributed by atoms with E-state index in [-0.39, 0.29) is 11.6 Å². The minimum atomic E-state index is -0.285. The maximum Gasteiger partial charge on any atom is 0.273 e. The van der Waals surface area contributed by atoms with E-state index in [2.05, 4.69) is 30.8 Å². The standard InChI is InChI=1S/C14H15N7O/c1-2-10-6-17-18-12(10)8-16-14(22)13-9-21(20-19-13)11-4-3-5-15-7-11/h3-7,9H,2,8H2,1H3,(H,16,22)(H,17,18). The van der Waals surface area contributed by atoms with Gasteiger partial charge in [-0.1, -0.05) is 12.1 Å². The van der Waals surface area contributed by atoms with Crippen LogP contribution in [-0.4, -0.2) is 36.1 Å². The van der Waals surface area contributed by atoms with Crippen molar-refractivity contribution in [3.05, 3.63) is 53.9 Å². The molecule has 1 amide bonds. The van der Waals surface area contributed by atoms with E-state index in [1.165, 1.54) is 4.68 Å². The molecule has 0 aromatic carbocycles. The van der Waals surface area contributed by atoms with E-state index in [4.69, 9.17) is 0 Å². The summed E-state index contributed by atoms with van der Waals surface area (Å²) in [6.07, 6.45) is 7.51. The summed E-state index contributed by atoms with van der Waals surface area (Å²) in [4.78, 5) is 16.1. The van der Waals surface area contributed by atoms with Gasteiger partial charge in [0.05, 0.1) is 36.5 Å². The largest absolute Gasteiger partial charge is 0.345 e. The van der Waals surface area contributed by atoms with Crippen molar-refractivity contribution in [1.29, 1.82) is 0 Å². The molecule has 3 heterocycles. The molecule has 0 bridgehead atoms. The normalized spacial score (nSPS) is 10.6. The molecule has 0 aliphatic rings. The van der Waals surface area contributed by atoms with Crippen LogP contribution in [0.25, 0.3) is 5.69 Å². The summed E-state index contributed by atoms with van der Waals surface area (Å²) in [7, 11) is 0. The van der Waals surface area contributed by atoms with Crippen molar-refractivity contribution in [2.75, 3.05) is 0 Å². The number of hydrogen-bond donors (Lipinski definition) is 2. The number of hydrogen-bond acceptors (Lipinski definition) is 5. The molecule has 0 spiro atoms. The van der Waals surface area contributed by atoms with Crippen molar-refractivity contribution < 1.29 is 4.79 Å². The Labute approximate surface area is 126 Å². The third-order valence-electron chi connectivity index (χ3n) is 3.25. The molecule has 3 rings (SSSR count). The van der Waals surface area contributed by atoms with Gasteiger partial charge in [0.25, 0.3) is 5.91 Å². The maximum absolute atomic E-state index is 12.1. The van der Waals surface area contributed by atoms with Crippen LogP contribution in [-0.2, 0) is 13.0 Å². The number of carbonyl (C=O) groups excluding carboxylic acids is 1. The number of rotatable bonds is 5. The number of aromatic amines is 1. The lowest BCUT2D eigenvalue weighted by Gasteiger charge is -2.02. The van der Waals surface area contributed by atoms with Gasteiger partial charge in [-0.2, -0.15) is 5.10 Å². The lowest BCUT2D eigenvalue weighted by atomic mass is 10.2. The summed E-state index contributed by atoms with van der Waals surface area (Å²) >= 11 is 0. The number of pyridine rings is 1. The van der Waals surface area contributed by atoms with Crippen LogP contribution < -0.4 is 5.32 Å². The Hall–Kier alpha value is -3.03. The van der Waals surface area contributed by atoms with Gasteiger partial charge in [0, 0.05) is 6.20 Å². The fraction of sp³-hybridized carbons (Fsp3) is 0.214. The molecular weight excluding hydrogens is 282 g/mol. The molecule has 0 unspecified atom stereocenters. The Kier molecular flexibility index (Phi) is 3.90. The van der Waals surface area contributed by atoms with Gasteiger partial charge < -0.3 is 5.32 Å². The Balaban J connectivity index is 1.67. The van der Waals surface area contributed by atoms with Crippen molar-refractivity contribution in [1.82, 2.24) is 35.5 Å². The van der Waals surface area contributed by atoms with Crippen LogP contribution in [0.4, 0.5) is 0 Å². The summed E-state index contributed by atoms with van der Waals surface area (Å²) in [6.45, 7) is 2.41. The Morgan fingerprint density at radius 1 is 1.41 bits per heavy atom. The van der Waals surface area contributed by atoms with Crippen LogP contribution in [0.1, 0.15) is 28.7 Å². The second-order valence-corrected chi connectivity index (χ2v) is 4.67. The zero-order chi connectivity index (χ0) is 15.4. The number of carbonyl (C=O) groups is 1. The summed E-state index contributed by atoms with van der Waals surface area (Å²) in [6, 6.07) is 3.63. The van der Waals surface area contributed by atoms with Gasteiger partial charge in [0.15, 0.2) is 5.69 Å². The second-order valence-electron chi connectivity index (χ2n) is 4.67. The minimum absolute atomic E-state index is 0.251. The van der Waals surface area contributed by atoms with Gasteiger partial charge in [0.1, 0.15) is 0 Å². The first-order valence-electron chi connectivity index (χ1n) is 6.90. The molecule has 2 N–H and O–H groups in total. The number of H-pyrrole nitrogens is 1. The van der Waals surface area contributed by atoms with Crippen molar-refractivity contribution in [2.24, 2.45) is 0 Å². The number of aryl methyl sites for hydroxylation is 1. The highest BCUT2D eigenvalue weighted by atomic mass is 16.2. The van der Waals surface area contributed by atoms with E-state index in [1.807, 2.05) is 13.0 Å². The van der Waals surface area contributed by atoms with Crippen LogP contribution in [0.15, 0.2) is 36.9 Å². The SMILES string of the molecule is CCc1cn[nH]c1CNC(=O)c1cn(-c2cccnc2)nn1. The van der Waals surface area contributed by atoms with Crippen LogP contribution in [0.5, 0.6) is 0 Å². The van der Waals surface area contributed by atoms with E-state index in [0.717, 1.165) is 23.4 Å². The van der Waals surface area contributed by atoms with Crippen molar-refractivity contribution in [2.45, 2.75) is 19.9 Å². The first-order valence-corrected chi connectivity index (χ1v) is 6.90. The topological polar surface area (TPSA) is 101 Å². The molecule has 0 aliphatic carbocycles. The van der Waals surface area contributed by atoms with Gasteiger partial charge in [0.2, 0.25) is 0 Å². The second kappa shape index (κ2) is 6.17. The molecule has 3 aromatic heterocycles. The molecular formula is C14H15N7O. The molecule has 8 nitrogen and oxygen atoms in total. The highest BCUT2D eigenvalue weighted by molar-refractivity contribution is 5.91. The third-order valence-corrected chi connectivity index (χ3v) is 3.25. The molecule has 0 saturated carbocycles. The number of nitrogens with zero attached hydrogens (tertiary/aromatic N) is 5. The third kappa shape index (κ3) is 2.85. The Morgan fingerprint density at radius 2 is 2.32 bits per heavy atom. The van der Waals surface area contributed by atoms with E-state index in [1.54, 1.807) is 30.9 Å². The van der Waals surface area contributed by atoms with Gasteiger partial charge in [-0.25, -0.2) is 4.68 Å². The predicted octanol–water partition coefficient (Wildman–Crippen LogP) is 0.878. The molecule has 0 radical (unpaired) electrons. The van der Waals surface area contributed by atoms with Crippen molar-refractivity contribution in [3.8, 4) is 5.69 Å². The van der Waals surface area contributed by atoms with Crippen LogP contribution in [0.3, 0.4) is 0 Å². The first kappa shape index (κ1) is 13.9. The van der Waals surface area contributed by atoms with Crippen molar-refractivity contribution >= 4 is 5.91 Å². The molecule has 3 aromatic rings. The number of nitrogens with one attached hydrogen (secondary N) is 2. The average molecular weight is 297 g/mol. The molecule has 112 valence electrons. The van der Waals surface area contributed by atoms with Gasteiger partial charge in [-0.3, -0.25) is 14.9 Å². The summed E-state index contributed by atoms with van der Waals surface area (Å²) in [5.41, 5.74) is 2.98. The van der Waals surface area contributed by atoms with Gasteiger partial charge in [-0.05, 0) is 24.1 Å². The summed E-state index contributed by atoms with van der Waals surface area (Å²) in [5, 5.41) is 17.5. The fourth-order valence-corrected chi connectivity index (χ4v) is 2.04. The summed E-state index contributed by atoms with van der Waals surface area (Å²) < 4.78 is 1.51. The van der Waals surface area contributed by atoms with E-state index in [0.29, 0.717) is 6.54 Å². The fourth-order valence-electron chi connectivity index (χ4n) is 2.04. The van der Waals surface area contributed by atoms with E-state index in [9.17, 15) is 4.79 Å². The van der Waals surface area contributed by atoms with Crippen LogP contribution in [0.2, 0.25) is 0 Å².